The normalized spacial score (nSPS) is 8.65. The summed E-state index contributed by atoms with van der Waals surface area (Å²) in [5.74, 6) is -0.262. The number of carbonyl (C=O) groups excluding carboxylic acids is 1. The maximum Gasteiger partial charge on any atom is 0.281 e. The number of rotatable bonds is 1. The smallest absolute Gasteiger partial charge is 0.281 e. The third kappa shape index (κ3) is 5.03. The number of ether oxygens (including phenoxy) is 1. The predicted octanol–water partition coefficient (Wildman–Crippen LogP) is 3.21. The van der Waals surface area contributed by atoms with Crippen molar-refractivity contribution in [2.24, 2.45) is 0 Å². The average molecular weight is 272 g/mol. The molecule has 0 spiro atoms. The van der Waals surface area contributed by atoms with Crippen molar-refractivity contribution in [3.8, 4) is 0 Å². The fourth-order valence-corrected chi connectivity index (χ4v) is 1.32. The molecule has 0 heterocycles. The Bertz CT molecular complexity index is 427. The molecule has 0 aliphatic rings. The molecule has 0 saturated carbocycles. The molecule has 17 heavy (non-hydrogen) atoms. The van der Waals surface area contributed by atoms with Crippen LogP contribution in [0, 0.1) is 13.8 Å². The van der Waals surface area contributed by atoms with E-state index in [2.05, 4.69) is 23.8 Å². The summed E-state index contributed by atoms with van der Waals surface area (Å²) in [6, 6.07) is 13.7. The number of hydrogen-bond donors (Lipinski definition) is 0. The zero-order chi connectivity index (χ0) is 12.0. The number of esters is 1. The van der Waals surface area contributed by atoms with E-state index in [0.29, 0.717) is 5.56 Å². The van der Waals surface area contributed by atoms with Crippen molar-refractivity contribution >= 4 is 5.97 Å². The first kappa shape index (κ1) is 15.7. The fourth-order valence-electron chi connectivity index (χ4n) is 1.32. The molecular formula is C14H16FeO2-6. The summed E-state index contributed by atoms with van der Waals surface area (Å²) in [5.41, 5.74) is 2.96. The molecular weight excluding hydrogens is 256 g/mol. The maximum atomic E-state index is 10.9. The summed E-state index contributed by atoms with van der Waals surface area (Å²) in [4.78, 5) is 10.9. The van der Waals surface area contributed by atoms with Crippen LogP contribution in [0.2, 0.25) is 0 Å². The van der Waals surface area contributed by atoms with Crippen LogP contribution in [0.25, 0.3) is 0 Å². The molecule has 0 aliphatic heterocycles. The van der Waals surface area contributed by atoms with Crippen LogP contribution >= 0.6 is 0 Å². The first-order chi connectivity index (χ1) is 7.65. The van der Waals surface area contributed by atoms with Crippen LogP contribution in [0.1, 0.15) is 21.5 Å². The maximum absolute atomic E-state index is 10.9. The summed E-state index contributed by atoms with van der Waals surface area (Å²) < 4.78 is 4.54. The molecule has 0 fully saturated rings. The van der Waals surface area contributed by atoms with Gasteiger partial charge in [0.15, 0.2) is 0 Å². The third-order valence-electron chi connectivity index (χ3n) is 2.27. The van der Waals surface area contributed by atoms with Crippen LogP contribution in [0.3, 0.4) is 0 Å². The fraction of sp³-hybridized carbons (Fsp3) is 0.214. The summed E-state index contributed by atoms with van der Waals surface area (Å²) in [6.07, 6.45) is 0. The van der Waals surface area contributed by atoms with Gasteiger partial charge in [0.2, 0.25) is 0 Å². The summed E-state index contributed by atoms with van der Waals surface area (Å²) in [5, 5.41) is 0. The van der Waals surface area contributed by atoms with Gasteiger partial charge in [0, 0.05) is 17.1 Å². The van der Waals surface area contributed by atoms with Gasteiger partial charge in [-0.3, -0.25) is 4.79 Å². The van der Waals surface area contributed by atoms with E-state index < -0.39 is 0 Å². The first-order valence-electron chi connectivity index (χ1n) is 5.14. The van der Waals surface area contributed by atoms with Crippen molar-refractivity contribution in [2.75, 3.05) is 7.11 Å². The Morgan fingerprint density at radius 3 is 2.24 bits per heavy atom. The van der Waals surface area contributed by atoms with Gasteiger partial charge in [0.05, 0.1) is 7.11 Å². The third-order valence-corrected chi connectivity index (χ3v) is 2.27. The minimum atomic E-state index is -0.262. The van der Waals surface area contributed by atoms with Gasteiger partial charge in [-0.1, -0.05) is 6.92 Å². The molecule has 2 aromatic rings. The van der Waals surface area contributed by atoms with E-state index in [-0.39, 0.29) is 23.0 Å². The standard InChI is InChI=1S/C8H9O2.C6H7.Fe/c1-6-4-3-5-7(6)8(9)10-2;1-6-4-2-3-5-6;/h3-5H,1-2H3;2-5H,1H3;/q-1;-5;. The van der Waals surface area contributed by atoms with Crippen molar-refractivity contribution in [3.05, 3.63) is 59.2 Å². The second-order valence-corrected chi connectivity index (χ2v) is 3.58. The quantitative estimate of drug-likeness (QED) is 0.452. The van der Waals surface area contributed by atoms with Crippen molar-refractivity contribution in [2.45, 2.75) is 13.8 Å². The van der Waals surface area contributed by atoms with Gasteiger partial charge < -0.3 is 34.6 Å². The summed E-state index contributed by atoms with van der Waals surface area (Å²) in [6.45, 7) is 3.96. The zero-order valence-corrected chi connectivity index (χ0v) is 11.3. The number of hydrogen-bond acceptors (Lipinski definition) is 2. The molecule has 2 aromatic carbocycles. The molecule has 98 valence electrons. The van der Waals surface area contributed by atoms with Crippen LogP contribution in [0.15, 0.2) is 42.5 Å². The number of methoxy groups -OCH3 is 1. The Morgan fingerprint density at radius 1 is 1.35 bits per heavy atom. The second-order valence-electron chi connectivity index (χ2n) is 3.58. The molecule has 0 aromatic heterocycles. The molecule has 3 heteroatoms. The van der Waals surface area contributed by atoms with Crippen LogP contribution in [-0.4, -0.2) is 13.1 Å². The zero-order valence-electron chi connectivity index (χ0n) is 10.2. The van der Waals surface area contributed by atoms with Gasteiger partial charge in [0.25, 0.3) is 5.97 Å². The molecule has 0 bridgehead atoms. The van der Waals surface area contributed by atoms with Gasteiger partial charge in [-0.2, -0.15) is 11.6 Å². The van der Waals surface area contributed by atoms with Crippen LogP contribution in [0.5, 0.6) is 0 Å². The Kier molecular flexibility index (Phi) is 7.27. The van der Waals surface area contributed by atoms with Crippen molar-refractivity contribution < 1.29 is 26.6 Å². The van der Waals surface area contributed by atoms with Gasteiger partial charge in [-0.15, -0.1) is 0 Å². The largest absolute Gasteiger partial charge is 0.748 e. The Balaban J connectivity index is 0.000000316. The van der Waals surface area contributed by atoms with Crippen LogP contribution in [-0.2, 0) is 21.8 Å². The average Bonchev–Trinajstić information content (AvgIpc) is 2.89. The van der Waals surface area contributed by atoms with E-state index in [0.717, 1.165) is 5.56 Å². The van der Waals surface area contributed by atoms with E-state index in [1.807, 2.05) is 31.2 Å². The molecule has 0 atom stereocenters. The summed E-state index contributed by atoms with van der Waals surface area (Å²) in [7, 11) is 1.38. The molecule has 0 saturated heterocycles. The predicted molar refractivity (Wildman–Crippen MR) is 64.9 cm³/mol. The number of aryl methyl sites for hydroxylation is 2. The Hall–Kier alpha value is -1.31. The van der Waals surface area contributed by atoms with Crippen LogP contribution in [0.4, 0.5) is 0 Å². The Labute approximate surface area is 113 Å². The van der Waals surface area contributed by atoms with E-state index in [4.69, 9.17) is 0 Å². The SMILES string of the molecule is COC(=O)[c-]1cccc1C.C[c-]1[cH-][cH-][cH-][cH-]1.[Fe]. The van der Waals surface area contributed by atoms with Gasteiger partial charge in [-0.25, -0.2) is 19.1 Å². The van der Waals surface area contributed by atoms with E-state index >= 15 is 0 Å². The van der Waals surface area contributed by atoms with E-state index in [9.17, 15) is 4.79 Å². The number of carbonyl (C=O) groups is 1. The minimum absolute atomic E-state index is 0. The van der Waals surface area contributed by atoms with E-state index in [1.54, 1.807) is 6.07 Å². The molecule has 0 N–H and O–H groups in total. The molecule has 0 aliphatic carbocycles. The van der Waals surface area contributed by atoms with Crippen molar-refractivity contribution in [1.29, 1.82) is 0 Å². The first-order valence-corrected chi connectivity index (χ1v) is 5.14. The summed E-state index contributed by atoms with van der Waals surface area (Å²) >= 11 is 0. The molecule has 0 amide bonds. The van der Waals surface area contributed by atoms with Crippen molar-refractivity contribution in [3.63, 3.8) is 0 Å². The topological polar surface area (TPSA) is 26.3 Å². The van der Waals surface area contributed by atoms with Gasteiger partial charge in [0.1, 0.15) is 0 Å². The molecule has 2 rings (SSSR count). The van der Waals surface area contributed by atoms with Crippen molar-refractivity contribution in [1.82, 2.24) is 0 Å². The van der Waals surface area contributed by atoms with Gasteiger partial charge >= 0.3 is 0 Å². The monoisotopic (exact) mass is 272 g/mol. The van der Waals surface area contributed by atoms with Gasteiger partial charge in [-0.05, 0) is 5.56 Å². The minimum Gasteiger partial charge on any atom is -0.748 e. The second kappa shape index (κ2) is 7.88. The molecule has 0 radical (unpaired) electrons. The molecule has 2 nitrogen and oxygen atoms in total. The van der Waals surface area contributed by atoms with E-state index in [1.165, 1.54) is 12.7 Å². The molecule has 0 unspecified atom stereocenters. The Morgan fingerprint density at radius 2 is 1.94 bits per heavy atom. The van der Waals surface area contributed by atoms with Crippen LogP contribution < -0.4 is 0 Å².